The molecule has 0 atom stereocenters. The van der Waals surface area contributed by atoms with Gasteiger partial charge < -0.3 is 14.8 Å². The van der Waals surface area contributed by atoms with Crippen LogP contribution in [0.25, 0.3) is 0 Å². The number of nitrogens with zero attached hydrogens (tertiary/aromatic N) is 1. The third kappa shape index (κ3) is 4.84. The molecule has 0 radical (unpaired) electrons. The van der Waals surface area contributed by atoms with E-state index in [1.54, 1.807) is 18.2 Å². The quantitative estimate of drug-likeness (QED) is 0.796. The molecular formula is C17H16N2O3. The standard InChI is InChI=1S/C17H16N2O3/c18-10-11-19-17(20)13-22-16-9-5-4-8-15(16)21-12-14-6-2-1-3-7-14/h1-9H,11-13H2,(H,19,20). The molecule has 2 aromatic carbocycles. The summed E-state index contributed by atoms with van der Waals surface area (Å²) in [5.41, 5.74) is 1.05. The van der Waals surface area contributed by atoms with E-state index in [1.807, 2.05) is 42.5 Å². The number of nitriles is 1. The third-order valence-electron chi connectivity index (χ3n) is 2.81. The fraction of sp³-hybridized carbons (Fsp3) is 0.176. The Morgan fingerprint density at radius 3 is 2.32 bits per heavy atom. The normalized spacial score (nSPS) is 9.59. The Labute approximate surface area is 129 Å². The van der Waals surface area contributed by atoms with Gasteiger partial charge in [-0.05, 0) is 17.7 Å². The van der Waals surface area contributed by atoms with Gasteiger partial charge in [-0.15, -0.1) is 0 Å². The summed E-state index contributed by atoms with van der Waals surface area (Å²) in [5.74, 6) is 0.712. The van der Waals surface area contributed by atoms with Crippen molar-refractivity contribution in [1.29, 1.82) is 5.26 Å². The summed E-state index contributed by atoms with van der Waals surface area (Å²) in [6.07, 6.45) is 0. The number of carbonyl (C=O) groups excluding carboxylic acids is 1. The number of hydrogen-bond acceptors (Lipinski definition) is 4. The maximum absolute atomic E-state index is 11.4. The molecule has 0 aliphatic heterocycles. The Morgan fingerprint density at radius 2 is 1.64 bits per heavy atom. The van der Waals surface area contributed by atoms with Crippen molar-refractivity contribution >= 4 is 5.91 Å². The van der Waals surface area contributed by atoms with Crippen LogP contribution in [0.4, 0.5) is 0 Å². The maximum atomic E-state index is 11.4. The van der Waals surface area contributed by atoms with Gasteiger partial charge in [0.25, 0.3) is 5.91 Å². The molecule has 22 heavy (non-hydrogen) atoms. The molecule has 2 rings (SSSR count). The predicted molar refractivity (Wildman–Crippen MR) is 81.3 cm³/mol. The highest BCUT2D eigenvalue weighted by atomic mass is 16.5. The van der Waals surface area contributed by atoms with Crippen molar-refractivity contribution in [3.05, 3.63) is 60.2 Å². The molecule has 0 aliphatic rings. The van der Waals surface area contributed by atoms with Crippen LogP contribution >= 0.6 is 0 Å². The van der Waals surface area contributed by atoms with Crippen molar-refractivity contribution in [1.82, 2.24) is 5.32 Å². The number of amides is 1. The highest BCUT2D eigenvalue weighted by molar-refractivity contribution is 5.77. The molecule has 1 amide bonds. The van der Waals surface area contributed by atoms with E-state index in [0.29, 0.717) is 18.1 Å². The largest absolute Gasteiger partial charge is 0.485 e. The molecule has 0 aliphatic carbocycles. The Balaban J connectivity index is 1.92. The fourth-order valence-corrected chi connectivity index (χ4v) is 1.76. The van der Waals surface area contributed by atoms with Gasteiger partial charge in [0.1, 0.15) is 13.2 Å². The molecule has 0 spiro atoms. The molecule has 5 nitrogen and oxygen atoms in total. The second-order valence-electron chi connectivity index (χ2n) is 4.44. The first kappa shape index (κ1) is 15.4. The van der Waals surface area contributed by atoms with Gasteiger partial charge in [-0.3, -0.25) is 4.79 Å². The highest BCUT2D eigenvalue weighted by Crippen LogP contribution is 2.27. The van der Waals surface area contributed by atoms with Gasteiger partial charge in [0.15, 0.2) is 18.1 Å². The number of hydrogen-bond donors (Lipinski definition) is 1. The van der Waals surface area contributed by atoms with Crippen LogP contribution in [0.15, 0.2) is 54.6 Å². The summed E-state index contributed by atoms with van der Waals surface area (Å²) in [4.78, 5) is 11.4. The first-order valence-corrected chi connectivity index (χ1v) is 6.82. The third-order valence-corrected chi connectivity index (χ3v) is 2.81. The lowest BCUT2D eigenvalue weighted by Gasteiger charge is -2.12. The highest BCUT2D eigenvalue weighted by Gasteiger charge is 2.07. The van der Waals surface area contributed by atoms with Gasteiger partial charge in [0.2, 0.25) is 0 Å². The van der Waals surface area contributed by atoms with E-state index in [9.17, 15) is 4.79 Å². The van der Waals surface area contributed by atoms with Gasteiger partial charge in [-0.2, -0.15) is 5.26 Å². The zero-order chi connectivity index (χ0) is 15.6. The SMILES string of the molecule is N#CCNC(=O)COc1ccccc1OCc1ccccc1. The Hall–Kier alpha value is -3.00. The number of para-hydroxylation sites is 2. The number of carbonyl (C=O) groups is 1. The average molecular weight is 296 g/mol. The topological polar surface area (TPSA) is 71.4 Å². The number of nitrogens with one attached hydrogen (secondary N) is 1. The molecule has 0 aromatic heterocycles. The lowest BCUT2D eigenvalue weighted by atomic mass is 10.2. The van der Waals surface area contributed by atoms with E-state index in [2.05, 4.69) is 5.32 Å². The van der Waals surface area contributed by atoms with Crippen molar-refractivity contribution in [3.8, 4) is 17.6 Å². The predicted octanol–water partition coefficient (Wildman–Crippen LogP) is 2.28. The Morgan fingerprint density at radius 1 is 1.00 bits per heavy atom. The fourth-order valence-electron chi connectivity index (χ4n) is 1.76. The van der Waals surface area contributed by atoms with Crippen LogP contribution in [0.2, 0.25) is 0 Å². The molecule has 0 bridgehead atoms. The van der Waals surface area contributed by atoms with Crippen LogP contribution in [0.1, 0.15) is 5.56 Å². The van der Waals surface area contributed by atoms with E-state index in [-0.39, 0.29) is 19.1 Å². The minimum Gasteiger partial charge on any atom is -0.485 e. The van der Waals surface area contributed by atoms with Crippen molar-refractivity contribution < 1.29 is 14.3 Å². The summed E-state index contributed by atoms with van der Waals surface area (Å²) in [5, 5.41) is 10.8. The van der Waals surface area contributed by atoms with Crippen LogP contribution < -0.4 is 14.8 Å². The second-order valence-corrected chi connectivity index (χ2v) is 4.44. The monoisotopic (exact) mass is 296 g/mol. The molecule has 0 fully saturated rings. The van der Waals surface area contributed by atoms with Gasteiger partial charge in [0.05, 0.1) is 6.07 Å². The number of ether oxygens (including phenoxy) is 2. The molecule has 0 saturated carbocycles. The zero-order valence-corrected chi connectivity index (χ0v) is 12.0. The molecule has 2 aromatic rings. The van der Waals surface area contributed by atoms with Crippen LogP contribution in [0.5, 0.6) is 11.5 Å². The Bertz CT molecular complexity index is 650. The first-order valence-electron chi connectivity index (χ1n) is 6.82. The van der Waals surface area contributed by atoms with Crippen molar-refractivity contribution in [2.75, 3.05) is 13.2 Å². The van der Waals surface area contributed by atoms with Crippen LogP contribution in [0, 0.1) is 11.3 Å². The van der Waals surface area contributed by atoms with Crippen molar-refractivity contribution in [2.24, 2.45) is 0 Å². The van der Waals surface area contributed by atoms with Gasteiger partial charge >= 0.3 is 0 Å². The van der Waals surface area contributed by atoms with E-state index in [4.69, 9.17) is 14.7 Å². The first-order chi connectivity index (χ1) is 10.8. The second kappa shape index (κ2) is 8.32. The molecule has 0 saturated heterocycles. The van der Waals surface area contributed by atoms with Crippen molar-refractivity contribution in [2.45, 2.75) is 6.61 Å². The zero-order valence-electron chi connectivity index (χ0n) is 12.0. The summed E-state index contributed by atoms with van der Waals surface area (Å²) < 4.78 is 11.2. The summed E-state index contributed by atoms with van der Waals surface area (Å²) in [6.45, 7) is 0.226. The van der Waals surface area contributed by atoms with E-state index in [1.165, 1.54) is 0 Å². The Kier molecular flexibility index (Phi) is 5.82. The van der Waals surface area contributed by atoms with Gasteiger partial charge in [0, 0.05) is 0 Å². The minimum absolute atomic E-state index is 0.0334. The van der Waals surface area contributed by atoms with Crippen LogP contribution in [0.3, 0.4) is 0 Å². The van der Waals surface area contributed by atoms with E-state index < -0.39 is 0 Å². The molecule has 112 valence electrons. The van der Waals surface area contributed by atoms with Crippen LogP contribution in [-0.4, -0.2) is 19.1 Å². The lowest BCUT2D eigenvalue weighted by Crippen LogP contribution is -2.29. The average Bonchev–Trinajstić information content (AvgIpc) is 2.58. The van der Waals surface area contributed by atoms with E-state index >= 15 is 0 Å². The smallest absolute Gasteiger partial charge is 0.258 e. The maximum Gasteiger partial charge on any atom is 0.258 e. The lowest BCUT2D eigenvalue weighted by molar-refractivity contribution is -0.122. The molecular weight excluding hydrogens is 280 g/mol. The molecule has 0 heterocycles. The number of benzene rings is 2. The van der Waals surface area contributed by atoms with Gasteiger partial charge in [-0.25, -0.2) is 0 Å². The molecule has 1 N–H and O–H groups in total. The summed E-state index contributed by atoms with van der Waals surface area (Å²) >= 11 is 0. The summed E-state index contributed by atoms with van der Waals surface area (Å²) in [7, 11) is 0. The molecule has 5 heteroatoms. The summed E-state index contributed by atoms with van der Waals surface area (Å²) in [6, 6.07) is 18.8. The van der Waals surface area contributed by atoms with Gasteiger partial charge in [-0.1, -0.05) is 42.5 Å². The van der Waals surface area contributed by atoms with Crippen LogP contribution in [-0.2, 0) is 11.4 Å². The number of rotatable bonds is 7. The van der Waals surface area contributed by atoms with Crippen molar-refractivity contribution in [3.63, 3.8) is 0 Å². The minimum atomic E-state index is -0.348. The van der Waals surface area contributed by atoms with E-state index in [0.717, 1.165) is 5.56 Å². The molecule has 0 unspecified atom stereocenters.